The van der Waals surface area contributed by atoms with Gasteiger partial charge in [-0.05, 0) is 75.1 Å². The minimum atomic E-state index is -0.583. The van der Waals surface area contributed by atoms with E-state index in [1.165, 1.54) is 10.4 Å². The Kier molecular flexibility index (Phi) is 9.33. The highest BCUT2D eigenvalue weighted by Crippen LogP contribution is 2.39. The van der Waals surface area contributed by atoms with Crippen molar-refractivity contribution in [3.8, 4) is 5.75 Å². The molecule has 2 atom stereocenters. The summed E-state index contributed by atoms with van der Waals surface area (Å²) in [5.74, 6) is 1.04. The van der Waals surface area contributed by atoms with Crippen LogP contribution in [0.4, 0.5) is 0 Å². The molecule has 0 saturated carbocycles. The van der Waals surface area contributed by atoms with Gasteiger partial charge in [0.25, 0.3) is 0 Å². The van der Waals surface area contributed by atoms with Gasteiger partial charge in [0, 0.05) is 63.2 Å². The summed E-state index contributed by atoms with van der Waals surface area (Å²) in [4.78, 5) is 24.5. The number of hydrogen-bond acceptors (Lipinski definition) is 8. The Hall–Kier alpha value is -2.62. The molecule has 1 aromatic carbocycles. The van der Waals surface area contributed by atoms with Crippen molar-refractivity contribution in [2.75, 3.05) is 46.4 Å². The molecule has 2 aliphatic rings. The van der Waals surface area contributed by atoms with Crippen molar-refractivity contribution < 1.29 is 14.3 Å². The van der Waals surface area contributed by atoms with Crippen LogP contribution >= 0.6 is 11.3 Å². The molecular weight excluding hydrogens is 520 g/mol. The molecule has 0 radical (unpaired) electrons. The van der Waals surface area contributed by atoms with E-state index in [4.69, 9.17) is 9.47 Å². The molecule has 7 nitrogen and oxygen atoms in total. The molecule has 2 aromatic heterocycles. The molecule has 1 N–H and O–H groups in total. The quantitative estimate of drug-likeness (QED) is 0.322. The van der Waals surface area contributed by atoms with Gasteiger partial charge in [-0.2, -0.15) is 0 Å². The van der Waals surface area contributed by atoms with Crippen molar-refractivity contribution in [2.45, 2.75) is 56.9 Å². The average Bonchev–Trinajstić information content (AvgIpc) is 3.50. The molecule has 2 saturated heterocycles. The van der Waals surface area contributed by atoms with Gasteiger partial charge in [0.2, 0.25) is 5.78 Å². The van der Waals surface area contributed by atoms with Crippen LogP contribution in [0.25, 0.3) is 0 Å². The lowest BCUT2D eigenvalue weighted by atomic mass is 9.75. The number of piperazine rings is 1. The van der Waals surface area contributed by atoms with E-state index >= 15 is 0 Å². The summed E-state index contributed by atoms with van der Waals surface area (Å²) in [5, 5.41) is 5.35. The van der Waals surface area contributed by atoms with Gasteiger partial charge in [0.05, 0.1) is 11.1 Å². The van der Waals surface area contributed by atoms with Crippen LogP contribution in [-0.2, 0) is 11.3 Å². The molecule has 214 valence electrons. The summed E-state index contributed by atoms with van der Waals surface area (Å²) in [5.41, 5.74) is 0.861. The summed E-state index contributed by atoms with van der Waals surface area (Å²) in [6.45, 7) is 10.0. The van der Waals surface area contributed by atoms with Crippen LogP contribution in [0, 0.1) is 0 Å². The maximum atomic E-state index is 14.0. The largest absolute Gasteiger partial charge is 0.485 e. The number of aromatic nitrogens is 1. The molecule has 8 heteroatoms. The van der Waals surface area contributed by atoms with Gasteiger partial charge in [-0.3, -0.25) is 19.6 Å². The fourth-order valence-electron chi connectivity index (χ4n) is 6.17. The Morgan fingerprint density at radius 2 is 1.98 bits per heavy atom. The lowest BCUT2D eigenvalue weighted by Gasteiger charge is -2.52. The molecular formula is C32H42N4O3S. The zero-order chi connectivity index (χ0) is 28.0. The number of carbonyl (C=O) groups is 1. The zero-order valence-electron chi connectivity index (χ0n) is 24.0. The number of ketones is 1. The van der Waals surface area contributed by atoms with Gasteiger partial charge in [-0.15, -0.1) is 11.3 Å². The molecule has 0 spiro atoms. The number of thiophene rings is 1. The van der Waals surface area contributed by atoms with Crippen molar-refractivity contribution in [1.29, 1.82) is 0 Å². The minimum absolute atomic E-state index is 0.0443. The van der Waals surface area contributed by atoms with E-state index in [-0.39, 0.29) is 17.5 Å². The lowest BCUT2D eigenvalue weighted by Crippen LogP contribution is -2.65. The molecule has 3 aromatic rings. The van der Waals surface area contributed by atoms with Crippen molar-refractivity contribution in [3.05, 3.63) is 82.3 Å². The molecule has 5 rings (SSSR count). The molecule has 2 fully saturated rings. The number of ether oxygens (including phenoxy) is 2. The highest BCUT2D eigenvalue weighted by atomic mass is 32.1. The average molecular weight is 563 g/mol. The third-order valence-corrected chi connectivity index (χ3v) is 9.09. The van der Waals surface area contributed by atoms with E-state index in [0.29, 0.717) is 25.1 Å². The summed E-state index contributed by atoms with van der Waals surface area (Å²) in [7, 11) is 1.98. The van der Waals surface area contributed by atoms with E-state index in [1.807, 2.05) is 25.2 Å². The second kappa shape index (κ2) is 12.9. The number of rotatable bonds is 11. The third-order valence-electron chi connectivity index (χ3n) is 8.12. The van der Waals surface area contributed by atoms with Crippen molar-refractivity contribution >= 4 is 17.1 Å². The van der Waals surface area contributed by atoms with Crippen LogP contribution in [0.1, 0.15) is 60.1 Å². The van der Waals surface area contributed by atoms with E-state index < -0.39 is 5.54 Å². The van der Waals surface area contributed by atoms with Crippen molar-refractivity contribution in [2.24, 2.45) is 0 Å². The van der Waals surface area contributed by atoms with Crippen molar-refractivity contribution in [1.82, 2.24) is 20.1 Å². The molecule has 0 unspecified atom stereocenters. The second-order valence-corrected chi connectivity index (χ2v) is 12.5. The number of nitrogens with zero attached hydrogens (tertiary/aromatic N) is 3. The van der Waals surface area contributed by atoms with Gasteiger partial charge in [-0.25, -0.2) is 0 Å². The smallest absolute Gasteiger partial charge is 0.201 e. The number of benzene rings is 1. The first-order valence-corrected chi connectivity index (χ1v) is 15.3. The third kappa shape index (κ3) is 6.81. The Morgan fingerprint density at radius 1 is 1.12 bits per heavy atom. The fraction of sp³-hybridized carbons (Fsp3) is 0.500. The van der Waals surface area contributed by atoms with Crippen LogP contribution in [0.3, 0.4) is 0 Å². The van der Waals surface area contributed by atoms with Crippen LogP contribution in [-0.4, -0.2) is 78.1 Å². The maximum absolute atomic E-state index is 14.0. The molecule has 0 aliphatic carbocycles. The number of Topliss-reactive ketones (excluding diaryl/α,β-unsaturated/α-hetero) is 1. The van der Waals surface area contributed by atoms with Crippen LogP contribution in [0.2, 0.25) is 0 Å². The van der Waals surface area contributed by atoms with Gasteiger partial charge < -0.3 is 14.8 Å². The van der Waals surface area contributed by atoms with Gasteiger partial charge in [0.15, 0.2) is 0 Å². The van der Waals surface area contributed by atoms with Crippen LogP contribution in [0.15, 0.2) is 66.2 Å². The highest BCUT2D eigenvalue weighted by Gasteiger charge is 2.51. The van der Waals surface area contributed by atoms with E-state index in [0.717, 1.165) is 51.4 Å². The summed E-state index contributed by atoms with van der Waals surface area (Å²) in [6, 6.07) is 18.4. The standard InChI is InChI=1S/C32H42N4O3S/c1-31(2)24-32(13-20-38-31,30(37)27-10-4-5-14-34-27)36-18-16-35(17-19-36)23-25-8-6-9-26(22-25)39-28(12-15-33-3)29-11-7-21-40-29/h4-11,14,21-22,28,33H,12-13,15-20,23-24H2,1-3H3/t28-,32+/m0/s1. The highest BCUT2D eigenvalue weighted by molar-refractivity contribution is 7.10. The predicted molar refractivity (Wildman–Crippen MR) is 160 cm³/mol. The van der Waals surface area contributed by atoms with Crippen LogP contribution < -0.4 is 10.1 Å². The number of hydrogen-bond donors (Lipinski definition) is 1. The van der Waals surface area contributed by atoms with E-state index in [1.54, 1.807) is 17.5 Å². The lowest BCUT2D eigenvalue weighted by molar-refractivity contribution is -0.113. The number of nitrogens with one attached hydrogen (secondary N) is 1. The van der Waals surface area contributed by atoms with Gasteiger partial charge in [0.1, 0.15) is 17.5 Å². The van der Waals surface area contributed by atoms with Crippen molar-refractivity contribution in [3.63, 3.8) is 0 Å². The van der Waals surface area contributed by atoms with E-state index in [2.05, 4.69) is 75.7 Å². The van der Waals surface area contributed by atoms with Gasteiger partial charge >= 0.3 is 0 Å². The number of pyridine rings is 1. The van der Waals surface area contributed by atoms with Gasteiger partial charge in [-0.1, -0.05) is 24.3 Å². The second-order valence-electron chi connectivity index (χ2n) is 11.5. The first kappa shape index (κ1) is 28.9. The van der Waals surface area contributed by atoms with E-state index in [9.17, 15) is 4.79 Å². The topological polar surface area (TPSA) is 66.9 Å². The number of carbonyl (C=O) groups excluding carboxylic acids is 1. The normalized spacial score (nSPS) is 22.6. The molecule has 0 bridgehead atoms. The minimum Gasteiger partial charge on any atom is -0.485 e. The molecule has 2 aliphatic heterocycles. The molecule has 4 heterocycles. The predicted octanol–water partition coefficient (Wildman–Crippen LogP) is 5.20. The fourth-order valence-corrected chi connectivity index (χ4v) is 6.95. The summed E-state index contributed by atoms with van der Waals surface area (Å²) < 4.78 is 12.5. The Morgan fingerprint density at radius 3 is 2.67 bits per heavy atom. The monoisotopic (exact) mass is 562 g/mol. The summed E-state index contributed by atoms with van der Waals surface area (Å²) >= 11 is 1.74. The Bertz CT molecular complexity index is 1230. The molecule has 0 amide bonds. The first-order valence-electron chi connectivity index (χ1n) is 14.4. The maximum Gasteiger partial charge on any atom is 0.201 e. The Balaban J connectivity index is 1.24. The Labute approximate surface area is 242 Å². The SMILES string of the molecule is CNCC[C@H](Oc1cccc(CN2CCN([C@]3(C(=O)c4ccccn4)CCOC(C)(C)C3)CC2)c1)c1cccs1. The first-order chi connectivity index (χ1) is 19.4. The molecule has 40 heavy (non-hydrogen) atoms. The zero-order valence-corrected chi connectivity index (χ0v) is 24.8. The summed E-state index contributed by atoms with van der Waals surface area (Å²) in [6.07, 6.45) is 4.05. The van der Waals surface area contributed by atoms with Crippen LogP contribution in [0.5, 0.6) is 5.75 Å².